The first kappa shape index (κ1) is 12.2. The maximum absolute atomic E-state index is 11.9. The van der Waals surface area contributed by atoms with Crippen molar-refractivity contribution in [1.29, 1.82) is 0 Å². The molecule has 0 heterocycles. The molecule has 17 heavy (non-hydrogen) atoms. The van der Waals surface area contributed by atoms with Gasteiger partial charge < -0.3 is 5.32 Å². The lowest BCUT2D eigenvalue weighted by molar-refractivity contribution is -0.123. The third-order valence-corrected chi connectivity index (χ3v) is 3.71. The van der Waals surface area contributed by atoms with Gasteiger partial charge in [-0.2, -0.15) is 0 Å². The van der Waals surface area contributed by atoms with Crippen LogP contribution in [0, 0.1) is 25.7 Å². The van der Waals surface area contributed by atoms with E-state index in [1.165, 1.54) is 16.7 Å². The van der Waals surface area contributed by atoms with Gasteiger partial charge in [-0.05, 0) is 44.2 Å². The van der Waals surface area contributed by atoms with Crippen LogP contribution in [0.4, 0.5) is 0 Å². The zero-order valence-electron chi connectivity index (χ0n) is 11.1. The van der Waals surface area contributed by atoms with E-state index < -0.39 is 0 Å². The standard InChI is InChI=1S/C15H21NO/c1-9-5-6-10(2)13(7-9)12(4)16-15(17)14-8-11(14)3/h5-7,11-12,14H,8H2,1-4H3,(H,16,17). The molecule has 2 rings (SSSR count). The fourth-order valence-corrected chi connectivity index (χ4v) is 2.31. The fraction of sp³-hybridized carbons (Fsp3) is 0.533. The Morgan fingerprint density at radius 1 is 1.41 bits per heavy atom. The van der Waals surface area contributed by atoms with Crippen molar-refractivity contribution >= 4 is 5.91 Å². The zero-order chi connectivity index (χ0) is 12.6. The molecule has 2 nitrogen and oxygen atoms in total. The Balaban J connectivity index is 2.06. The van der Waals surface area contributed by atoms with E-state index in [9.17, 15) is 4.79 Å². The van der Waals surface area contributed by atoms with Crippen molar-refractivity contribution in [2.75, 3.05) is 0 Å². The topological polar surface area (TPSA) is 29.1 Å². The second kappa shape index (κ2) is 4.52. The van der Waals surface area contributed by atoms with Gasteiger partial charge in [0, 0.05) is 5.92 Å². The van der Waals surface area contributed by atoms with Crippen LogP contribution in [0.15, 0.2) is 18.2 Å². The largest absolute Gasteiger partial charge is 0.349 e. The summed E-state index contributed by atoms with van der Waals surface area (Å²) in [5.41, 5.74) is 3.71. The highest BCUT2D eigenvalue weighted by Gasteiger charge is 2.39. The summed E-state index contributed by atoms with van der Waals surface area (Å²) in [5, 5.41) is 3.12. The Bertz CT molecular complexity index is 439. The van der Waals surface area contributed by atoms with E-state index in [0.29, 0.717) is 5.92 Å². The lowest BCUT2D eigenvalue weighted by Gasteiger charge is -2.17. The summed E-state index contributed by atoms with van der Waals surface area (Å²) in [4.78, 5) is 11.9. The van der Waals surface area contributed by atoms with Crippen LogP contribution in [0.3, 0.4) is 0 Å². The van der Waals surface area contributed by atoms with E-state index in [0.717, 1.165) is 6.42 Å². The van der Waals surface area contributed by atoms with Crippen LogP contribution in [-0.4, -0.2) is 5.91 Å². The minimum atomic E-state index is 0.107. The minimum Gasteiger partial charge on any atom is -0.349 e. The molecule has 3 unspecified atom stereocenters. The summed E-state index contributed by atoms with van der Waals surface area (Å²) < 4.78 is 0. The van der Waals surface area contributed by atoms with Gasteiger partial charge in [0.15, 0.2) is 0 Å². The average molecular weight is 231 g/mol. The van der Waals surface area contributed by atoms with Crippen molar-refractivity contribution in [1.82, 2.24) is 5.32 Å². The van der Waals surface area contributed by atoms with Crippen LogP contribution in [-0.2, 0) is 4.79 Å². The van der Waals surface area contributed by atoms with Crippen molar-refractivity contribution < 1.29 is 4.79 Å². The summed E-state index contributed by atoms with van der Waals surface area (Å²) in [5.74, 6) is 1.04. The van der Waals surface area contributed by atoms with E-state index in [2.05, 4.69) is 51.2 Å². The van der Waals surface area contributed by atoms with Crippen LogP contribution in [0.25, 0.3) is 0 Å². The molecule has 1 amide bonds. The summed E-state index contributed by atoms with van der Waals surface area (Å²) in [6.07, 6.45) is 1.05. The molecule has 1 aliphatic carbocycles. The summed E-state index contributed by atoms with van der Waals surface area (Å²) in [6.45, 7) is 8.37. The molecule has 0 aliphatic heterocycles. The van der Waals surface area contributed by atoms with Gasteiger partial charge in [-0.3, -0.25) is 4.79 Å². The van der Waals surface area contributed by atoms with Crippen molar-refractivity contribution in [2.45, 2.75) is 40.2 Å². The molecule has 1 aromatic carbocycles. The highest BCUT2D eigenvalue weighted by atomic mass is 16.2. The molecule has 1 N–H and O–H groups in total. The summed E-state index contributed by atoms with van der Waals surface area (Å²) in [6, 6.07) is 6.50. The summed E-state index contributed by atoms with van der Waals surface area (Å²) in [7, 11) is 0. The molecular formula is C15H21NO. The van der Waals surface area contributed by atoms with E-state index >= 15 is 0 Å². The molecule has 3 atom stereocenters. The monoisotopic (exact) mass is 231 g/mol. The van der Waals surface area contributed by atoms with Gasteiger partial charge in [-0.15, -0.1) is 0 Å². The maximum atomic E-state index is 11.9. The quantitative estimate of drug-likeness (QED) is 0.850. The number of amides is 1. The van der Waals surface area contributed by atoms with Gasteiger partial charge in [-0.25, -0.2) is 0 Å². The third kappa shape index (κ3) is 2.68. The zero-order valence-corrected chi connectivity index (χ0v) is 11.1. The summed E-state index contributed by atoms with van der Waals surface area (Å²) >= 11 is 0. The molecule has 0 spiro atoms. The minimum absolute atomic E-state index is 0.107. The highest BCUT2D eigenvalue weighted by molar-refractivity contribution is 5.81. The van der Waals surface area contributed by atoms with E-state index in [-0.39, 0.29) is 17.9 Å². The SMILES string of the molecule is Cc1ccc(C)c(C(C)NC(=O)C2CC2C)c1. The Labute approximate surface area is 103 Å². The highest BCUT2D eigenvalue weighted by Crippen LogP contribution is 2.38. The Kier molecular flexibility index (Phi) is 3.23. The van der Waals surface area contributed by atoms with Crippen LogP contribution in [0.2, 0.25) is 0 Å². The lowest BCUT2D eigenvalue weighted by atomic mass is 10.00. The van der Waals surface area contributed by atoms with Crippen LogP contribution in [0.1, 0.15) is 43.0 Å². The Morgan fingerprint density at radius 2 is 2.06 bits per heavy atom. The normalized spacial score (nSPS) is 24.2. The van der Waals surface area contributed by atoms with Gasteiger partial charge in [0.2, 0.25) is 5.91 Å². The Hall–Kier alpha value is -1.31. The lowest BCUT2D eigenvalue weighted by Crippen LogP contribution is -2.28. The smallest absolute Gasteiger partial charge is 0.223 e. The molecule has 0 bridgehead atoms. The third-order valence-electron chi connectivity index (χ3n) is 3.71. The first-order chi connectivity index (χ1) is 7.99. The number of aryl methyl sites for hydroxylation is 2. The van der Waals surface area contributed by atoms with Gasteiger partial charge >= 0.3 is 0 Å². The van der Waals surface area contributed by atoms with Gasteiger partial charge in [0.05, 0.1) is 6.04 Å². The van der Waals surface area contributed by atoms with Crippen molar-refractivity contribution in [3.63, 3.8) is 0 Å². The van der Waals surface area contributed by atoms with Crippen molar-refractivity contribution in [3.05, 3.63) is 34.9 Å². The predicted molar refractivity (Wildman–Crippen MR) is 69.7 cm³/mol. The molecular weight excluding hydrogens is 210 g/mol. The van der Waals surface area contributed by atoms with Gasteiger partial charge in [-0.1, -0.05) is 30.7 Å². The molecule has 0 aromatic heterocycles. The number of hydrogen-bond acceptors (Lipinski definition) is 1. The maximum Gasteiger partial charge on any atom is 0.223 e. The molecule has 1 saturated carbocycles. The molecule has 1 aliphatic rings. The molecule has 0 saturated heterocycles. The average Bonchev–Trinajstić information content (AvgIpc) is 2.99. The van der Waals surface area contributed by atoms with Crippen LogP contribution < -0.4 is 5.32 Å². The first-order valence-corrected chi connectivity index (χ1v) is 6.36. The number of carbonyl (C=O) groups is 1. The molecule has 0 radical (unpaired) electrons. The Morgan fingerprint density at radius 3 is 2.65 bits per heavy atom. The number of nitrogens with one attached hydrogen (secondary N) is 1. The molecule has 92 valence electrons. The van der Waals surface area contributed by atoms with E-state index in [4.69, 9.17) is 0 Å². The molecule has 1 fully saturated rings. The van der Waals surface area contributed by atoms with E-state index in [1.54, 1.807) is 0 Å². The number of hydrogen-bond donors (Lipinski definition) is 1. The molecule has 2 heteroatoms. The van der Waals surface area contributed by atoms with Crippen molar-refractivity contribution in [3.8, 4) is 0 Å². The van der Waals surface area contributed by atoms with E-state index in [1.807, 2.05) is 0 Å². The number of rotatable bonds is 3. The number of carbonyl (C=O) groups excluding carboxylic acids is 1. The van der Waals surface area contributed by atoms with Gasteiger partial charge in [0.25, 0.3) is 0 Å². The number of benzene rings is 1. The fourth-order valence-electron chi connectivity index (χ4n) is 2.31. The molecule has 1 aromatic rings. The second-order valence-electron chi connectivity index (χ2n) is 5.41. The van der Waals surface area contributed by atoms with Crippen LogP contribution in [0.5, 0.6) is 0 Å². The van der Waals surface area contributed by atoms with Gasteiger partial charge in [0.1, 0.15) is 0 Å². The van der Waals surface area contributed by atoms with Crippen LogP contribution >= 0.6 is 0 Å². The second-order valence-corrected chi connectivity index (χ2v) is 5.41. The predicted octanol–water partition coefficient (Wildman–Crippen LogP) is 3.14. The van der Waals surface area contributed by atoms with Crippen molar-refractivity contribution in [2.24, 2.45) is 11.8 Å². The first-order valence-electron chi connectivity index (χ1n) is 6.36.